The minimum absolute atomic E-state index is 0.209. The number of nitrogens with zero attached hydrogens (tertiary/aromatic N) is 1. The number of hydrogen-bond donors (Lipinski definition) is 1. The zero-order valence-electron chi connectivity index (χ0n) is 8.74. The van der Waals surface area contributed by atoms with E-state index >= 15 is 0 Å². The predicted octanol–water partition coefficient (Wildman–Crippen LogP) is 1.54. The fraction of sp³-hybridized carbons (Fsp3) is 0.900. The molecule has 1 saturated carbocycles. The van der Waals surface area contributed by atoms with Crippen LogP contribution < -0.4 is 0 Å². The Labute approximate surface area is 89.9 Å². The van der Waals surface area contributed by atoms with Crippen LogP contribution in [0.25, 0.3) is 0 Å². The fourth-order valence-corrected chi connectivity index (χ4v) is 2.11. The van der Waals surface area contributed by atoms with Crippen LogP contribution in [-0.4, -0.2) is 47.1 Å². The van der Waals surface area contributed by atoms with Crippen molar-refractivity contribution in [1.82, 2.24) is 4.90 Å². The van der Waals surface area contributed by atoms with Gasteiger partial charge in [-0.3, -0.25) is 9.69 Å². The van der Waals surface area contributed by atoms with Gasteiger partial charge >= 0.3 is 5.97 Å². The molecule has 0 saturated heterocycles. The Morgan fingerprint density at radius 2 is 2.29 bits per heavy atom. The normalized spacial score (nSPS) is 16.1. The van der Waals surface area contributed by atoms with Gasteiger partial charge in [0.1, 0.15) is 0 Å². The van der Waals surface area contributed by atoms with Crippen LogP contribution in [0.1, 0.15) is 19.8 Å². The van der Waals surface area contributed by atoms with E-state index in [4.69, 9.17) is 5.11 Å². The van der Waals surface area contributed by atoms with E-state index in [-0.39, 0.29) is 6.54 Å². The lowest BCUT2D eigenvalue weighted by Crippen LogP contribution is -2.33. The Hall–Kier alpha value is -0.220. The molecule has 1 fully saturated rings. The predicted molar refractivity (Wildman–Crippen MR) is 59.8 cm³/mol. The highest BCUT2D eigenvalue weighted by Crippen LogP contribution is 2.29. The highest BCUT2D eigenvalue weighted by atomic mass is 32.2. The molecule has 1 aliphatic rings. The Morgan fingerprint density at radius 1 is 1.57 bits per heavy atom. The molecule has 0 aliphatic heterocycles. The third-order valence-electron chi connectivity index (χ3n) is 2.33. The molecule has 4 heteroatoms. The molecule has 0 aromatic carbocycles. The third kappa shape index (κ3) is 5.50. The van der Waals surface area contributed by atoms with Gasteiger partial charge < -0.3 is 5.11 Å². The van der Waals surface area contributed by atoms with Crippen molar-refractivity contribution in [2.75, 3.05) is 31.1 Å². The summed E-state index contributed by atoms with van der Waals surface area (Å²) in [5.41, 5.74) is 0. The summed E-state index contributed by atoms with van der Waals surface area (Å²) in [6.45, 7) is 4.24. The summed E-state index contributed by atoms with van der Waals surface area (Å²) in [4.78, 5) is 12.7. The molecule has 14 heavy (non-hydrogen) atoms. The van der Waals surface area contributed by atoms with Gasteiger partial charge in [0.2, 0.25) is 0 Å². The van der Waals surface area contributed by atoms with Crippen molar-refractivity contribution in [2.45, 2.75) is 19.8 Å². The summed E-state index contributed by atoms with van der Waals surface area (Å²) in [6.07, 6.45) is 2.58. The molecule has 82 valence electrons. The smallest absolute Gasteiger partial charge is 0.317 e. The van der Waals surface area contributed by atoms with Crippen molar-refractivity contribution in [3.05, 3.63) is 0 Å². The first-order valence-corrected chi connectivity index (χ1v) is 6.39. The molecule has 0 atom stereocenters. The highest BCUT2D eigenvalue weighted by Gasteiger charge is 2.24. The largest absolute Gasteiger partial charge is 0.480 e. The second-order valence-corrected chi connectivity index (χ2v) is 5.16. The standard InChI is InChI=1S/C10H19NO2S/c1-2-14-6-5-11(8-10(12)13)7-9-3-4-9/h9H,2-8H2,1H3,(H,12,13). The maximum absolute atomic E-state index is 10.6. The number of rotatable bonds is 8. The lowest BCUT2D eigenvalue weighted by molar-refractivity contribution is -0.138. The maximum Gasteiger partial charge on any atom is 0.317 e. The average Bonchev–Trinajstić information content (AvgIpc) is 2.87. The number of thioether (sulfide) groups is 1. The van der Waals surface area contributed by atoms with Crippen LogP contribution in [0.3, 0.4) is 0 Å². The van der Waals surface area contributed by atoms with Crippen LogP contribution in [0, 0.1) is 5.92 Å². The van der Waals surface area contributed by atoms with Gasteiger partial charge in [-0.05, 0) is 24.5 Å². The summed E-state index contributed by atoms with van der Waals surface area (Å²) < 4.78 is 0. The molecule has 3 nitrogen and oxygen atoms in total. The average molecular weight is 217 g/mol. The molecule has 0 aromatic heterocycles. The summed E-state index contributed by atoms with van der Waals surface area (Å²) >= 11 is 1.88. The van der Waals surface area contributed by atoms with Crippen molar-refractivity contribution in [3.63, 3.8) is 0 Å². The number of carboxylic acid groups (broad SMARTS) is 1. The van der Waals surface area contributed by atoms with E-state index in [9.17, 15) is 4.79 Å². The van der Waals surface area contributed by atoms with Crippen molar-refractivity contribution < 1.29 is 9.90 Å². The molecular formula is C10H19NO2S. The molecular weight excluding hydrogens is 198 g/mol. The Balaban J connectivity index is 2.16. The summed E-state index contributed by atoms with van der Waals surface area (Å²) in [5.74, 6) is 2.24. The van der Waals surface area contributed by atoms with E-state index in [1.807, 2.05) is 11.8 Å². The monoisotopic (exact) mass is 217 g/mol. The first-order chi connectivity index (χ1) is 6.72. The van der Waals surface area contributed by atoms with Gasteiger partial charge in [0, 0.05) is 18.8 Å². The zero-order chi connectivity index (χ0) is 10.4. The minimum atomic E-state index is -0.702. The number of carboxylic acids is 1. The van der Waals surface area contributed by atoms with Crippen molar-refractivity contribution in [2.24, 2.45) is 5.92 Å². The number of aliphatic carboxylic acids is 1. The Kier molecular flexibility index (Phi) is 5.33. The van der Waals surface area contributed by atoms with Crippen LogP contribution in [0.4, 0.5) is 0 Å². The molecule has 0 radical (unpaired) electrons. The van der Waals surface area contributed by atoms with Gasteiger partial charge in [0.15, 0.2) is 0 Å². The van der Waals surface area contributed by atoms with Crippen LogP contribution in [-0.2, 0) is 4.79 Å². The quantitative estimate of drug-likeness (QED) is 0.626. The minimum Gasteiger partial charge on any atom is -0.480 e. The molecule has 1 aliphatic carbocycles. The first-order valence-electron chi connectivity index (χ1n) is 5.24. The second kappa shape index (κ2) is 6.30. The van der Waals surface area contributed by atoms with Gasteiger partial charge in [-0.25, -0.2) is 0 Å². The topological polar surface area (TPSA) is 40.5 Å². The van der Waals surface area contributed by atoms with E-state index in [1.165, 1.54) is 12.8 Å². The van der Waals surface area contributed by atoms with E-state index in [1.54, 1.807) is 0 Å². The second-order valence-electron chi connectivity index (χ2n) is 3.77. The van der Waals surface area contributed by atoms with E-state index in [2.05, 4.69) is 11.8 Å². The molecule has 0 unspecified atom stereocenters. The van der Waals surface area contributed by atoms with Gasteiger partial charge in [0.25, 0.3) is 0 Å². The zero-order valence-corrected chi connectivity index (χ0v) is 9.55. The first kappa shape index (κ1) is 11.9. The summed E-state index contributed by atoms with van der Waals surface area (Å²) in [7, 11) is 0. The SMILES string of the molecule is CCSCCN(CC(=O)O)CC1CC1. The summed E-state index contributed by atoms with van der Waals surface area (Å²) in [6, 6.07) is 0. The molecule has 0 bridgehead atoms. The summed E-state index contributed by atoms with van der Waals surface area (Å²) in [5, 5.41) is 8.73. The van der Waals surface area contributed by atoms with Crippen LogP contribution in [0.15, 0.2) is 0 Å². The van der Waals surface area contributed by atoms with Crippen molar-refractivity contribution in [1.29, 1.82) is 0 Å². The molecule has 0 heterocycles. The molecule has 1 N–H and O–H groups in total. The Morgan fingerprint density at radius 3 is 2.79 bits per heavy atom. The molecule has 0 aromatic rings. The molecule has 0 spiro atoms. The van der Waals surface area contributed by atoms with E-state index in [0.717, 1.165) is 30.5 Å². The third-order valence-corrected chi connectivity index (χ3v) is 3.21. The van der Waals surface area contributed by atoms with Crippen LogP contribution in [0.2, 0.25) is 0 Å². The molecule has 0 amide bonds. The van der Waals surface area contributed by atoms with Crippen molar-refractivity contribution >= 4 is 17.7 Å². The lowest BCUT2D eigenvalue weighted by Gasteiger charge is -2.19. The Bertz CT molecular complexity index is 183. The molecule has 1 rings (SSSR count). The number of carbonyl (C=O) groups is 1. The highest BCUT2D eigenvalue weighted by molar-refractivity contribution is 7.99. The van der Waals surface area contributed by atoms with Gasteiger partial charge in [0.05, 0.1) is 6.54 Å². The van der Waals surface area contributed by atoms with E-state index in [0.29, 0.717) is 0 Å². The van der Waals surface area contributed by atoms with Crippen LogP contribution in [0.5, 0.6) is 0 Å². The van der Waals surface area contributed by atoms with E-state index < -0.39 is 5.97 Å². The number of hydrogen-bond acceptors (Lipinski definition) is 3. The van der Waals surface area contributed by atoms with Gasteiger partial charge in [-0.15, -0.1) is 0 Å². The van der Waals surface area contributed by atoms with Crippen molar-refractivity contribution in [3.8, 4) is 0 Å². The van der Waals surface area contributed by atoms with Crippen LogP contribution >= 0.6 is 11.8 Å². The fourth-order valence-electron chi connectivity index (χ4n) is 1.43. The van der Waals surface area contributed by atoms with Gasteiger partial charge in [-0.2, -0.15) is 11.8 Å². The lowest BCUT2D eigenvalue weighted by atomic mass is 10.3. The van der Waals surface area contributed by atoms with Gasteiger partial charge in [-0.1, -0.05) is 6.92 Å². The maximum atomic E-state index is 10.6.